The fourth-order valence-corrected chi connectivity index (χ4v) is 3.98. The van der Waals surface area contributed by atoms with Gasteiger partial charge in [0.15, 0.2) is 0 Å². The fourth-order valence-electron chi connectivity index (χ4n) is 3.56. The number of imidazole rings is 1. The topological polar surface area (TPSA) is 132 Å². The minimum atomic E-state index is -0.941. The molecular formula is C20H16Cl2N6O3. The van der Waals surface area contributed by atoms with E-state index >= 15 is 0 Å². The summed E-state index contributed by atoms with van der Waals surface area (Å²) in [6.07, 6.45) is 5.59. The molecule has 0 aliphatic carbocycles. The number of hydrogen-bond donors (Lipinski definition) is 2. The van der Waals surface area contributed by atoms with Crippen LogP contribution >= 0.6 is 23.2 Å². The fraction of sp³-hybridized carbons (Fsp3) is 0.200. The van der Waals surface area contributed by atoms with Gasteiger partial charge in [-0.3, -0.25) is 14.3 Å². The second-order valence-corrected chi connectivity index (χ2v) is 7.64. The third kappa shape index (κ3) is 3.71. The molecule has 0 fully saturated rings. The van der Waals surface area contributed by atoms with E-state index in [2.05, 4.69) is 9.97 Å². The Morgan fingerprint density at radius 3 is 2.81 bits per heavy atom. The molecule has 4 rings (SSSR count). The van der Waals surface area contributed by atoms with E-state index in [9.17, 15) is 14.9 Å². The van der Waals surface area contributed by atoms with Crippen LogP contribution in [0.4, 0.5) is 0 Å². The molecule has 3 heterocycles. The maximum absolute atomic E-state index is 13.4. The van der Waals surface area contributed by atoms with Gasteiger partial charge in [0.1, 0.15) is 11.6 Å². The number of fused-ring (bicyclic) bond motifs is 1. The number of aromatic amines is 1. The lowest BCUT2D eigenvalue weighted by Crippen LogP contribution is -2.41. The quantitative estimate of drug-likeness (QED) is 0.602. The summed E-state index contributed by atoms with van der Waals surface area (Å²) in [4.78, 5) is 32.5. The first kappa shape index (κ1) is 20.8. The number of nitrogens with zero attached hydrogens (tertiary/aromatic N) is 4. The van der Waals surface area contributed by atoms with Crippen molar-refractivity contribution in [2.75, 3.05) is 0 Å². The van der Waals surface area contributed by atoms with Crippen LogP contribution in [0, 0.1) is 11.3 Å². The first-order chi connectivity index (χ1) is 14.9. The Kier molecular flexibility index (Phi) is 5.59. The van der Waals surface area contributed by atoms with Crippen LogP contribution in [0.2, 0.25) is 10.0 Å². The summed E-state index contributed by atoms with van der Waals surface area (Å²) >= 11 is 12.6. The monoisotopic (exact) mass is 458 g/mol. The molecule has 1 aliphatic rings. The summed E-state index contributed by atoms with van der Waals surface area (Å²) < 4.78 is 8.33. The molecule has 0 bridgehead atoms. The molecule has 0 saturated carbocycles. The minimum Gasteiger partial charge on any atom is -0.424 e. The lowest BCUT2D eigenvalue weighted by atomic mass is 9.85. The highest BCUT2D eigenvalue weighted by atomic mass is 35.5. The second kappa shape index (κ2) is 8.34. The SMILES string of the molecule is N#CC1=C(N)Oc2[nH]c(=O)n(CCCn3ccnc3)c(=O)c2C1c1cccc(Cl)c1Cl. The molecule has 0 amide bonds. The molecule has 3 N–H and O–H groups in total. The Morgan fingerprint density at radius 2 is 2.10 bits per heavy atom. The van der Waals surface area contributed by atoms with E-state index < -0.39 is 17.2 Å². The van der Waals surface area contributed by atoms with Gasteiger partial charge >= 0.3 is 5.69 Å². The number of ether oxygens (including phenoxy) is 1. The predicted molar refractivity (Wildman–Crippen MR) is 114 cm³/mol. The van der Waals surface area contributed by atoms with E-state index in [0.717, 1.165) is 4.57 Å². The maximum atomic E-state index is 13.4. The third-order valence-electron chi connectivity index (χ3n) is 5.01. The number of allylic oxidation sites excluding steroid dienone is 1. The normalized spacial score (nSPS) is 15.3. The van der Waals surface area contributed by atoms with Crippen molar-refractivity contribution >= 4 is 23.2 Å². The molecule has 0 spiro atoms. The number of aryl methyl sites for hydroxylation is 1. The van der Waals surface area contributed by atoms with Crippen molar-refractivity contribution in [2.24, 2.45) is 5.73 Å². The van der Waals surface area contributed by atoms with Gasteiger partial charge in [-0.25, -0.2) is 9.78 Å². The highest BCUT2D eigenvalue weighted by molar-refractivity contribution is 6.42. The van der Waals surface area contributed by atoms with Gasteiger partial charge < -0.3 is 15.0 Å². The van der Waals surface area contributed by atoms with Gasteiger partial charge in [0.25, 0.3) is 5.56 Å². The zero-order valence-electron chi connectivity index (χ0n) is 16.0. The highest BCUT2D eigenvalue weighted by Gasteiger charge is 2.36. The average molecular weight is 459 g/mol. The molecular weight excluding hydrogens is 443 g/mol. The van der Waals surface area contributed by atoms with E-state index in [1.54, 1.807) is 36.9 Å². The Balaban J connectivity index is 1.83. The number of hydrogen-bond acceptors (Lipinski definition) is 6. The molecule has 0 saturated heterocycles. The van der Waals surface area contributed by atoms with Crippen LogP contribution in [-0.2, 0) is 13.1 Å². The number of rotatable bonds is 5. The van der Waals surface area contributed by atoms with Gasteiger partial charge in [-0.05, 0) is 18.1 Å². The Bertz CT molecular complexity index is 1330. The largest absolute Gasteiger partial charge is 0.424 e. The summed E-state index contributed by atoms with van der Waals surface area (Å²) in [7, 11) is 0. The van der Waals surface area contributed by atoms with Crippen LogP contribution in [0.3, 0.4) is 0 Å². The summed E-state index contributed by atoms with van der Waals surface area (Å²) in [5.41, 5.74) is 5.16. The van der Waals surface area contributed by atoms with Gasteiger partial charge in [-0.1, -0.05) is 35.3 Å². The first-order valence-corrected chi connectivity index (χ1v) is 10.0. The van der Waals surface area contributed by atoms with Crippen molar-refractivity contribution in [3.05, 3.63) is 90.4 Å². The molecule has 1 atom stereocenters. The number of aromatic nitrogens is 4. The van der Waals surface area contributed by atoms with Gasteiger partial charge in [0.05, 0.1) is 27.9 Å². The number of H-pyrrole nitrogens is 1. The number of nitrogens with two attached hydrogens (primary N) is 1. The summed E-state index contributed by atoms with van der Waals surface area (Å²) in [6, 6.07) is 6.88. The van der Waals surface area contributed by atoms with E-state index in [1.165, 1.54) is 0 Å². The number of nitriles is 1. The molecule has 1 aliphatic heterocycles. The summed E-state index contributed by atoms with van der Waals surface area (Å²) in [6.45, 7) is 0.718. The van der Waals surface area contributed by atoms with E-state index in [1.807, 2.05) is 10.6 Å². The van der Waals surface area contributed by atoms with Gasteiger partial charge in [-0.2, -0.15) is 5.26 Å². The van der Waals surface area contributed by atoms with Crippen molar-refractivity contribution in [1.29, 1.82) is 5.26 Å². The molecule has 1 unspecified atom stereocenters. The smallest absolute Gasteiger partial charge is 0.331 e. The highest BCUT2D eigenvalue weighted by Crippen LogP contribution is 2.42. The van der Waals surface area contributed by atoms with Crippen LogP contribution in [0.15, 0.2) is 58.0 Å². The summed E-state index contributed by atoms with van der Waals surface area (Å²) in [5.74, 6) is -1.27. The Labute approximate surface area is 185 Å². The van der Waals surface area contributed by atoms with Crippen molar-refractivity contribution in [3.8, 4) is 11.9 Å². The van der Waals surface area contributed by atoms with Crippen molar-refractivity contribution < 1.29 is 4.74 Å². The molecule has 31 heavy (non-hydrogen) atoms. The Morgan fingerprint density at radius 1 is 1.29 bits per heavy atom. The van der Waals surface area contributed by atoms with Crippen molar-refractivity contribution in [2.45, 2.75) is 25.4 Å². The zero-order chi connectivity index (χ0) is 22.1. The molecule has 3 aromatic rings. The van der Waals surface area contributed by atoms with E-state index in [-0.39, 0.29) is 39.5 Å². The number of nitrogens with one attached hydrogen (secondary N) is 1. The van der Waals surface area contributed by atoms with Gasteiger partial charge in [-0.15, -0.1) is 0 Å². The summed E-state index contributed by atoms with van der Waals surface area (Å²) in [5, 5.41) is 10.1. The number of benzene rings is 1. The van der Waals surface area contributed by atoms with Crippen LogP contribution in [0.5, 0.6) is 5.88 Å². The molecule has 1 aromatic carbocycles. The molecule has 2 aromatic heterocycles. The lowest BCUT2D eigenvalue weighted by Gasteiger charge is -2.26. The van der Waals surface area contributed by atoms with E-state index in [4.69, 9.17) is 33.7 Å². The van der Waals surface area contributed by atoms with Crippen LogP contribution in [0.25, 0.3) is 0 Å². The second-order valence-electron chi connectivity index (χ2n) is 6.85. The first-order valence-electron chi connectivity index (χ1n) is 9.26. The van der Waals surface area contributed by atoms with Crippen molar-refractivity contribution in [1.82, 2.24) is 19.1 Å². The van der Waals surface area contributed by atoms with Crippen LogP contribution in [0.1, 0.15) is 23.5 Å². The number of halogens is 2. The molecule has 9 nitrogen and oxygen atoms in total. The zero-order valence-corrected chi connectivity index (χ0v) is 17.5. The standard InChI is InChI=1S/C20H16Cl2N6O3/c21-13-4-1-3-11(16(13)22)14-12(9-23)17(24)31-18-15(14)19(29)28(20(30)26-18)7-2-6-27-8-5-25-10-27/h1,3-5,8,10,14H,2,6-7,24H2,(H,26,30). The van der Waals surface area contributed by atoms with E-state index in [0.29, 0.717) is 18.5 Å². The van der Waals surface area contributed by atoms with Gasteiger partial charge in [0, 0.05) is 25.5 Å². The van der Waals surface area contributed by atoms with Crippen molar-refractivity contribution in [3.63, 3.8) is 0 Å². The molecule has 11 heteroatoms. The van der Waals surface area contributed by atoms with Crippen LogP contribution < -0.4 is 21.7 Å². The lowest BCUT2D eigenvalue weighted by molar-refractivity contribution is 0.367. The Hall–Kier alpha value is -3.48. The minimum absolute atomic E-state index is 0.00535. The maximum Gasteiger partial charge on any atom is 0.331 e. The molecule has 0 radical (unpaired) electrons. The average Bonchev–Trinajstić information content (AvgIpc) is 3.25. The molecule has 158 valence electrons. The van der Waals surface area contributed by atoms with Crippen LogP contribution in [-0.4, -0.2) is 19.1 Å². The third-order valence-corrected chi connectivity index (χ3v) is 5.84. The predicted octanol–water partition coefficient (Wildman–Crippen LogP) is 2.35. The van der Waals surface area contributed by atoms with Gasteiger partial charge in [0.2, 0.25) is 11.8 Å².